The van der Waals surface area contributed by atoms with Crippen LogP contribution in [0.2, 0.25) is 0 Å². The summed E-state index contributed by atoms with van der Waals surface area (Å²) < 4.78 is 0. The van der Waals surface area contributed by atoms with Crippen molar-refractivity contribution in [3.05, 3.63) is 5.01 Å². The van der Waals surface area contributed by atoms with Gasteiger partial charge in [0.25, 0.3) is 0 Å². The fourth-order valence-electron chi connectivity index (χ4n) is 2.44. The second kappa shape index (κ2) is 6.38. The summed E-state index contributed by atoms with van der Waals surface area (Å²) in [4.78, 5) is 23.6. The SMILES string of the molecule is CCc1nnc(NC(=O)NC2(C(=O)O)CCC(C)CC2)s1. The van der Waals surface area contributed by atoms with Crippen LogP contribution in [0.3, 0.4) is 0 Å². The van der Waals surface area contributed by atoms with Crippen molar-refractivity contribution in [1.29, 1.82) is 0 Å². The average molecular weight is 312 g/mol. The van der Waals surface area contributed by atoms with Crippen LogP contribution in [0.5, 0.6) is 0 Å². The van der Waals surface area contributed by atoms with Crippen LogP contribution in [0.4, 0.5) is 9.93 Å². The van der Waals surface area contributed by atoms with Crippen LogP contribution in [0.1, 0.15) is 44.5 Å². The Hall–Kier alpha value is -1.70. The third kappa shape index (κ3) is 3.69. The first kappa shape index (κ1) is 15.7. The molecule has 1 fully saturated rings. The van der Waals surface area contributed by atoms with E-state index < -0.39 is 17.5 Å². The number of hydrogen-bond acceptors (Lipinski definition) is 5. The molecule has 0 radical (unpaired) electrons. The van der Waals surface area contributed by atoms with Gasteiger partial charge in [0.15, 0.2) is 0 Å². The van der Waals surface area contributed by atoms with Gasteiger partial charge in [-0.05, 0) is 38.0 Å². The Morgan fingerprint density at radius 2 is 2.05 bits per heavy atom. The van der Waals surface area contributed by atoms with E-state index in [1.165, 1.54) is 11.3 Å². The number of nitrogens with zero attached hydrogens (tertiary/aromatic N) is 2. The van der Waals surface area contributed by atoms with Crippen molar-refractivity contribution in [3.63, 3.8) is 0 Å². The summed E-state index contributed by atoms with van der Waals surface area (Å²) in [5, 5.41) is 23.6. The van der Waals surface area contributed by atoms with Gasteiger partial charge in [0.1, 0.15) is 10.5 Å². The van der Waals surface area contributed by atoms with E-state index in [4.69, 9.17) is 0 Å². The van der Waals surface area contributed by atoms with Crippen molar-refractivity contribution < 1.29 is 14.7 Å². The maximum absolute atomic E-state index is 12.0. The predicted octanol–water partition coefficient (Wildman–Crippen LogP) is 2.26. The van der Waals surface area contributed by atoms with Crippen LogP contribution >= 0.6 is 11.3 Å². The molecule has 2 amide bonds. The van der Waals surface area contributed by atoms with Crippen LogP contribution in [0, 0.1) is 5.92 Å². The van der Waals surface area contributed by atoms with Gasteiger partial charge in [-0.25, -0.2) is 9.59 Å². The van der Waals surface area contributed by atoms with E-state index in [1.54, 1.807) is 0 Å². The molecule has 8 heteroatoms. The van der Waals surface area contributed by atoms with Gasteiger partial charge in [-0.15, -0.1) is 10.2 Å². The number of aryl methyl sites for hydroxylation is 1. The standard InChI is InChI=1S/C13H20N4O3S/c1-3-9-16-17-12(21-9)14-11(20)15-13(10(18)19)6-4-8(2)5-7-13/h8H,3-7H2,1-2H3,(H,18,19)(H2,14,15,17,20). The maximum Gasteiger partial charge on any atom is 0.329 e. The highest BCUT2D eigenvalue weighted by Gasteiger charge is 2.42. The molecule has 0 aliphatic heterocycles. The number of urea groups is 1. The number of hydrogen-bond donors (Lipinski definition) is 3. The topological polar surface area (TPSA) is 104 Å². The number of aromatic nitrogens is 2. The number of amides is 2. The largest absolute Gasteiger partial charge is 0.480 e. The number of rotatable bonds is 4. The minimum absolute atomic E-state index is 0.383. The smallest absolute Gasteiger partial charge is 0.329 e. The zero-order chi connectivity index (χ0) is 15.5. The third-order valence-corrected chi connectivity index (χ3v) is 4.86. The van der Waals surface area contributed by atoms with E-state index in [1.807, 2.05) is 6.92 Å². The van der Waals surface area contributed by atoms with Gasteiger partial charge in [0.2, 0.25) is 5.13 Å². The van der Waals surface area contributed by atoms with Gasteiger partial charge in [-0.1, -0.05) is 25.2 Å². The number of carbonyl (C=O) groups is 2. The fourth-order valence-corrected chi connectivity index (χ4v) is 3.11. The minimum Gasteiger partial charge on any atom is -0.480 e. The molecular weight excluding hydrogens is 292 g/mol. The lowest BCUT2D eigenvalue weighted by atomic mass is 9.77. The summed E-state index contributed by atoms with van der Waals surface area (Å²) in [5.74, 6) is -0.478. The van der Waals surface area contributed by atoms with Crippen molar-refractivity contribution in [2.75, 3.05) is 5.32 Å². The number of carbonyl (C=O) groups excluding carboxylic acids is 1. The third-order valence-electron chi connectivity index (χ3n) is 3.88. The minimum atomic E-state index is -1.17. The molecule has 21 heavy (non-hydrogen) atoms. The maximum atomic E-state index is 12.0. The van der Waals surface area contributed by atoms with Gasteiger partial charge in [-0.2, -0.15) is 0 Å². The van der Waals surface area contributed by atoms with Crippen LogP contribution in [0.15, 0.2) is 0 Å². The van der Waals surface area contributed by atoms with E-state index in [0.717, 1.165) is 24.3 Å². The molecule has 3 N–H and O–H groups in total. The molecule has 1 aliphatic rings. The lowest BCUT2D eigenvalue weighted by Gasteiger charge is -2.36. The van der Waals surface area contributed by atoms with E-state index in [9.17, 15) is 14.7 Å². The Bertz CT molecular complexity index is 523. The van der Waals surface area contributed by atoms with Gasteiger partial charge >= 0.3 is 12.0 Å². The van der Waals surface area contributed by atoms with Crippen molar-refractivity contribution in [3.8, 4) is 0 Å². The molecule has 0 aromatic carbocycles. The molecule has 0 bridgehead atoms. The van der Waals surface area contributed by atoms with Gasteiger partial charge in [0.05, 0.1) is 0 Å². The Kier molecular flexibility index (Phi) is 4.76. The van der Waals surface area contributed by atoms with Gasteiger partial charge in [-0.3, -0.25) is 5.32 Å². The Morgan fingerprint density at radius 3 is 2.57 bits per heavy atom. The number of aliphatic carboxylic acids is 1. The summed E-state index contributed by atoms with van der Waals surface area (Å²) in [6.45, 7) is 4.05. The second-order valence-electron chi connectivity index (χ2n) is 5.50. The first-order chi connectivity index (χ1) is 9.95. The summed E-state index contributed by atoms with van der Waals surface area (Å²) in [5.41, 5.74) is -1.17. The Labute approximate surface area is 127 Å². The molecule has 7 nitrogen and oxygen atoms in total. The summed E-state index contributed by atoms with van der Waals surface area (Å²) in [7, 11) is 0. The lowest BCUT2D eigenvalue weighted by molar-refractivity contribution is -0.146. The molecule has 2 rings (SSSR count). The molecule has 0 atom stereocenters. The van der Waals surface area contributed by atoms with Gasteiger partial charge in [0, 0.05) is 0 Å². The molecule has 0 saturated heterocycles. The number of anilines is 1. The van der Waals surface area contributed by atoms with E-state index in [0.29, 0.717) is 23.9 Å². The molecule has 1 aromatic heterocycles. The summed E-state index contributed by atoms with van der Waals surface area (Å²) >= 11 is 1.29. The lowest BCUT2D eigenvalue weighted by Crippen LogP contribution is -2.57. The highest BCUT2D eigenvalue weighted by atomic mass is 32.1. The number of nitrogens with one attached hydrogen (secondary N) is 2. The summed E-state index contributed by atoms with van der Waals surface area (Å²) in [6.07, 6.45) is 3.25. The highest BCUT2D eigenvalue weighted by molar-refractivity contribution is 7.15. The van der Waals surface area contributed by atoms with Crippen molar-refractivity contribution in [2.24, 2.45) is 5.92 Å². The highest BCUT2D eigenvalue weighted by Crippen LogP contribution is 2.32. The zero-order valence-electron chi connectivity index (χ0n) is 12.2. The Balaban J connectivity index is 2.00. The Morgan fingerprint density at radius 1 is 1.38 bits per heavy atom. The van der Waals surface area contributed by atoms with Crippen LogP contribution in [-0.4, -0.2) is 32.8 Å². The average Bonchev–Trinajstić information content (AvgIpc) is 2.89. The predicted molar refractivity (Wildman–Crippen MR) is 79.4 cm³/mol. The first-order valence-corrected chi connectivity index (χ1v) is 7.92. The number of carboxylic acid groups (broad SMARTS) is 1. The van der Waals surface area contributed by atoms with Crippen LogP contribution < -0.4 is 10.6 Å². The fraction of sp³-hybridized carbons (Fsp3) is 0.692. The molecular formula is C13H20N4O3S. The molecule has 0 unspecified atom stereocenters. The van der Waals surface area contributed by atoms with E-state index in [-0.39, 0.29) is 0 Å². The van der Waals surface area contributed by atoms with E-state index in [2.05, 4.69) is 27.8 Å². The molecule has 1 heterocycles. The normalized spacial score (nSPS) is 25.3. The number of carboxylic acids is 1. The van der Waals surface area contributed by atoms with Crippen molar-refractivity contribution >= 4 is 28.5 Å². The molecule has 116 valence electrons. The zero-order valence-corrected chi connectivity index (χ0v) is 13.0. The van der Waals surface area contributed by atoms with Crippen LogP contribution in [0.25, 0.3) is 0 Å². The van der Waals surface area contributed by atoms with Crippen molar-refractivity contribution in [1.82, 2.24) is 15.5 Å². The van der Waals surface area contributed by atoms with Crippen LogP contribution in [-0.2, 0) is 11.2 Å². The monoisotopic (exact) mass is 312 g/mol. The molecule has 1 saturated carbocycles. The van der Waals surface area contributed by atoms with Crippen molar-refractivity contribution in [2.45, 2.75) is 51.5 Å². The molecule has 1 aliphatic carbocycles. The second-order valence-corrected chi connectivity index (χ2v) is 6.57. The quantitative estimate of drug-likeness (QED) is 0.791. The molecule has 0 spiro atoms. The van der Waals surface area contributed by atoms with Gasteiger partial charge < -0.3 is 10.4 Å². The van der Waals surface area contributed by atoms with E-state index >= 15 is 0 Å². The first-order valence-electron chi connectivity index (χ1n) is 7.10. The molecule has 1 aromatic rings. The summed E-state index contributed by atoms with van der Waals surface area (Å²) in [6, 6.07) is -0.536.